The molecule has 2 aliphatic heterocycles. The maximum absolute atomic E-state index is 12.6. The number of hydrogen-bond acceptors (Lipinski definition) is 11. The summed E-state index contributed by atoms with van der Waals surface area (Å²) in [6.45, 7) is -0.0343. The fourth-order valence-electron chi connectivity index (χ4n) is 2.82. The first-order chi connectivity index (χ1) is 14.3. The Kier molecular flexibility index (Phi) is 6.12. The number of nitrogens with one attached hydrogen (secondary N) is 2. The largest absolute Gasteiger partial charge is 0.476 e. The van der Waals surface area contributed by atoms with Gasteiger partial charge in [0, 0.05) is 11.9 Å². The lowest BCUT2D eigenvalue weighted by Crippen LogP contribution is -2.43. The molecule has 30 heavy (non-hydrogen) atoms. The van der Waals surface area contributed by atoms with Crippen LogP contribution >= 0.6 is 11.3 Å². The van der Waals surface area contributed by atoms with Crippen molar-refractivity contribution in [1.82, 2.24) is 25.6 Å². The number of oxime groups is 1. The number of nitrogens with zero attached hydrogens (tertiary/aromatic N) is 4. The third-order valence-corrected chi connectivity index (χ3v) is 4.73. The summed E-state index contributed by atoms with van der Waals surface area (Å²) in [7, 11) is 1.13. The highest BCUT2D eigenvalue weighted by atomic mass is 32.1. The number of nitrogen functional groups attached to an aromatic ring is 1. The summed E-state index contributed by atoms with van der Waals surface area (Å²) in [5.41, 5.74) is 5.63. The standard InChI is InChI=1S/C15H17N7O7S/c1-28-15(27)20-8-3-21-4-9(12(24)22(21)11(8)13(25)26)19-10(23)2-17-29-5-7-6-30-14(16)18-7/h2,6,9H,3-5H2,1H3,(H2,16,18)(H,19,23)(H,20,27)(H,25,26)/t9-/m0/s1. The number of anilines is 1. The maximum Gasteiger partial charge on any atom is 0.411 e. The van der Waals surface area contributed by atoms with Gasteiger partial charge in [-0.2, -0.15) is 0 Å². The van der Waals surface area contributed by atoms with Crippen molar-refractivity contribution < 1.29 is 33.9 Å². The number of aromatic nitrogens is 1. The van der Waals surface area contributed by atoms with Gasteiger partial charge in [-0.05, 0) is 0 Å². The van der Waals surface area contributed by atoms with E-state index in [9.17, 15) is 24.3 Å². The second kappa shape index (κ2) is 8.75. The van der Waals surface area contributed by atoms with Crippen LogP contribution in [0.5, 0.6) is 0 Å². The summed E-state index contributed by atoms with van der Waals surface area (Å²) >= 11 is 1.24. The SMILES string of the molecule is COC(=O)NC1=C(C(=O)O)N2C(=O)[C@@H](NC(=O)C=NOCc3csc(N)n3)CN2C1. The molecule has 3 heterocycles. The molecule has 2 aliphatic rings. The lowest BCUT2D eigenvalue weighted by molar-refractivity contribution is -0.143. The number of carboxylic acids is 1. The second-order valence-electron chi connectivity index (χ2n) is 5.99. The number of carbonyl (C=O) groups excluding carboxylic acids is 3. The van der Waals surface area contributed by atoms with Gasteiger partial charge in [0.05, 0.1) is 25.0 Å². The minimum Gasteiger partial charge on any atom is -0.476 e. The van der Waals surface area contributed by atoms with Crippen molar-refractivity contribution in [2.45, 2.75) is 12.6 Å². The Bertz CT molecular complexity index is 944. The van der Waals surface area contributed by atoms with Crippen LogP contribution in [-0.2, 0) is 30.6 Å². The van der Waals surface area contributed by atoms with Crippen LogP contribution < -0.4 is 16.4 Å². The van der Waals surface area contributed by atoms with Crippen LogP contribution in [0.1, 0.15) is 5.69 Å². The average molecular weight is 439 g/mol. The molecule has 3 amide bonds. The number of aliphatic carboxylic acids is 1. The lowest BCUT2D eigenvalue weighted by Gasteiger charge is -2.18. The number of fused-ring (bicyclic) bond motifs is 1. The zero-order valence-corrected chi connectivity index (χ0v) is 16.3. The van der Waals surface area contributed by atoms with Crippen LogP contribution in [0.3, 0.4) is 0 Å². The minimum atomic E-state index is -1.41. The number of hydrogen-bond donors (Lipinski definition) is 4. The fourth-order valence-corrected chi connectivity index (χ4v) is 3.36. The van der Waals surface area contributed by atoms with Crippen LogP contribution in [0, 0.1) is 0 Å². The van der Waals surface area contributed by atoms with Gasteiger partial charge in [0.1, 0.15) is 12.3 Å². The maximum atomic E-state index is 12.6. The van der Waals surface area contributed by atoms with Crippen molar-refractivity contribution in [2.75, 3.05) is 25.9 Å². The first-order valence-electron chi connectivity index (χ1n) is 8.36. The minimum absolute atomic E-state index is 0.000500. The number of thiazole rings is 1. The van der Waals surface area contributed by atoms with E-state index in [4.69, 9.17) is 10.6 Å². The number of alkyl carbamates (subject to hydrolysis) is 1. The Morgan fingerprint density at radius 1 is 1.50 bits per heavy atom. The predicted molar refractivity (Wildman–Crippen MR) is 100 cm³/mol. The molecule has 0 radical (unpaired) electrons. The monoisotopic (exact) mass is 439 g/mol. The Balaban J connectivity index is 1.57. The molecule has 3 rings (SSSR count). The number of rotatable bonds is 7. The van der Waals surface area contributed by atoms with E-state index in [1.54, 1.807) is 5.38 Å². The van der Waals surface area contributed by atoms with Gasteiger partial charge in [-0.1, -0.05) is 5.16 Å². The molecule has 0 saturated carbocycles. The number of nitrogens with two attached hydrogens (primary N) is 1. The summed E-state index contributed by atoms with van der Waals surface area (Å²) in [6.07, 6.45) is -0.0140. The first-order valence-corrected chi connectivity index (χ1v) is 9.24. The van der Waals surface area contributed by atoms with E-state index >= 15 is 0 Å². The van der Waals surface area contributed by atoms with Gasteiger partial charge in [-0.25, -0.2) is 24.6 Å². The second-order valence-corrected chi connectivity index (χ2v) is 6.88. The van der Waals surface area contributed by atoms with Crippen molar-refractivity contribution in [2.24, 2.45) is 5.16 Å². The Morgan fingerprint density at radius 3 is 2.90 bits per heavy atom. The van der Waals surface area contributed by atoms with Gasteiger partial charge >= 0.3 is 12.1 Å². The highest BCUT2D eigenvalue weighted by molar-refractivity contribution is 7.13. The van der Waals surface area contributed by atoms with E-state index in [2.05, 4.69) is 25.5 Å². The van der Waals surface area contributed by atoms with Crippen LogP contribution in [0.4, 0.5) is 9.93 Å². The van der Waals surface area contributed by atoms with E-state index in [0.717, 1.165) is 18.3 Å². The zero-order chi connectivity index (χ0) is 21.8. The smallest absolute Gasteiger partial charge is 0.411 e. The zero-order valence-electron chi connectivity index (χ0n) is 15.5. The number of carboxylic acid groups (broad SMARTS) is 1. The van der Waals surface area contributed by atoms with Crippen LogP contribution in [0.15, 0.2) is 21.9 Å². The van der Waals surface area contributed by atoms with Crippen molar-refractivity contribution in [1.29, 1.82) is 0 Å². The van der Waals surface area contributed by atoms with Gasteiger partial charge in [-0.3, -0.25) is 14.9 Å². The normalized spacial score (nSPS) is 18.6. The third kappa shape index (κ3) is 4.47. The highest BCUT2D eigenvalue weighted by Crippen LogP contribution is 2.28. The number of hydrazine groups is 1. The van der Waals surface area contributed by atoms with E-state index < -0.39 is 35.6 Å². The Morgan fingerprint density at radius 2 is 2.27 bits per heavy atom. The molecule has 1 atom stereocenters. The summed E-state index contributed by atoms with van der Waals surface area (Å²) in [5.74, 6) is -2.79. The van der Waals surface area contributed by atoms with E-state index in [0.29, 0.717) is 10.8 Å². The molecule has 0 aromatic carbocycles. The molecule has 1 aromatic heterocycles. The molecular formula is C15H17N7O7S. The molecule has 1 aromatic rings. The summed E-state index contributed by atoms with van der Waals surface area (Å²) in [5, 5.41) is 22.0. The fraction of sp³-hybridized carbons (Fsp3) is 0.333. The van der Waals surface area contributed by atoms with E-state index in [1.165, 1.54) is 16.3 Å². The average Bonchev–Trinajstić information content (AvgIpc) is 3.34. The number of carbonyl (C=O) groups is 4. The van der Waals surface area contributed by atoms with Crippen LogP contribution in [0.2, 0.25) is 0 Å². The first kappa shape index (κ1) is 21.0. The molecule has 0 bridgehead atoms. The predicted octanol–water partition coefficient (Wildman–Crippen LogP) is -1.56. The summed E-state index contributed by atoms with van der Waals surface area (Å²) in [4.78, 5) is 56.4. The van der Waals surface area contributed by atoms with E-state index in [-0.39, 0.29) is 25.4 Å². The molecule has 1 saturated heterocycles. The topological polar surface area (TPSA) is 189 Å². The van der Waals surface area contributed by atoms with Gasteiger partial charge in [0.15, 0.2) is 17.4 Å². The van der Waals surface area contributed by atoms with Crippen LogP contribution in [0.25, 0.3) is 0 Å². The highest BCUT2D eigenvalue weighted by Gasteiger charge is 2.48. The summed E-state index contributed by atoms with van der Waals surface area (Å²) in [6, 6.07) is -1.00. The van der Waals surface area contributed by atoms with Crippen molar-refractivity contribution in [3.8, 4) is 0 Å². The lowest BCUT2D eigenvalue weighted by atomic mass is 10.2. The molecule has 15 heteroatoms. The van der Waals surface area contributed by atoms with Gasteiger partial charge in [0.25, 0.3) is 11.8 Å². The molecule has 0 spiro atoms. The third-order valence-electron chi connectivity index (χ3n) is 4.01. The van der Waals surface area contributed by atoms with Gasteiger partial charge < -0.3 is 25.7 Å². The number of methoxy groups -OCH3 is 1. The molecule has 160 valence electrons. The van der Waals surface area contributed by atoms with Crippen molar-refractivity contribution in [3.63, 3.8) is 0 Å². The molecule has 0 unspecified atom stereocenters. The molecule has 14 nitrogen and oxygen atoms in total. The summed E-state index contributed by atoms with van der Waals surface area (Å²) < 4.78 is 4.45. The van der Waals surface area contributed by atoms with Gasteiger partial charge in [0.2, 0.25) is 0 Å². The number of amides is 3. The Labute approximate surface area is 172 Å². The molecule has 1 fully saturated rings. The van der Waals surface area contributed by atoms with Crippen LogP contribution in [-0.4, -0.2) is 76.4 Å². The van der Waals surface area contributed by atoms with Crippen molar-refractivity contribution >= 4 is 46.6 Å². The molecule has 0 aliphatic carbocycles. The number of ether oxygens (including phenoxy) is 1. The molecule has 5 N–H and O–H groups in total. The van der Waals surface area contributed by atoms with Gasteiger partial charge in [-0.15, -0.1) is 11.3 Å². The Hall–Kier alpha value is -3.72. The van der Waals surface area contributed by atoms with E-state index in [1.807, 2.05) is 0 Å². The quantitative estimate of drug-likeness (QED) is 0.285. The van der Waals surface area contributed by atoms with Crippen molar-refractivity contribution in [3.05, 3.63) is 22.5 Å². The molecular weight excluding hydrogens is 422 g/mol.